The summed E-state index contributed by atoms with van der Waals surface area (Å²) in [5, 5.41) is 11.2. The first kappa shape index (κ1) is 26.0. The van der Waals surface area contributed by atoms with Crippen molar-refractivity contribution in [3.63, 3.8) is 0 Å². The predicted octanol–water partition coefficient (Wildman–Crippen LogP) is 3.93. The van der Waals surface area contributed by atoms with Gasteiger partial charge in [-0.3, -0.25) is 0 Å². The van der Waals surface area contributed by atoms with Gasteiger partial charge in [0.2, 0.25) is 0 Å². The van der Waals surface area contributed by atoms with Gasteiger partial charge in [-0.25, -0.2) is 14.7 Å². The molecule has 0 amide bonds. The largest absolute Gasteiger partial charge is 0.375 e. The highest BCUT2D eigenvalue weighted by Gasteiger charge is 2.18. The first-order valence-corrected chi connectivity index (χ1v) is 11.6. The number of hydrogen-bond donors (Lipinski definition) is 2. The van der Waals surface area contributed by atoms with Gasteiger partial charge in [0, 0.05) is 38.2 Å². The molecule has 2 N–H and O–H groups in total. The molecule has 3 aromatic rings. The summed E-state index contributed by atoms with van der Waals surface area (Å²) in [6, 6.07) is 14.5. The van der Waals surface area contributed by atoms with Crippen molar-refractivity contribution in [3.05, 3.63) is 72.2 Å². The second-order valence-corrected chi connectivity index (χ2v) is 8.26. The van der Waals surface area contributed by atoms with Crippen LogP contribution in [0.2, 0.25) is 0 Å². The van der Waals surface area contributed by atoms with Crippen LogP contribution in [0.3, 0.4) is 0 Å². The summed E-state index contributed by atoms with van der Waals surface area (Å²) >= 11 is 0. The van der Waals surface area contributed by atoms with E-state index in [9.17, 15) is 0 Å². The summed E-state index contributed by atoms with van der Waals surface area (Å²) in [6.45, 7) is 10.1. The molecule has 9 heteroatoms. The third-order valence-corrected chi connectivity index (χ3v) is 5.63. The van der Waals surface area contributed by atoms with Crippen LogP contribution in [0.1, 0.15) is 37.9 Å². The summed E-state index contributed by atoms with van der Waals surface area (Å²) in [5.41, 5.74) is 3.33. The zero-order valence-corrected chi connectivity index (χ0v) is 22.3. The van der Waals surface area contributed by atoms with Crippen molar-refractivity contribution in [1.29, 1.82) is 0 Å². The van der Waals surface area contributed by atoms with E-state index in [2.05, 4.69) is 76.7 Å². The topological polar surface area (TPSA) is 79.6 Å². The molecule has 1 aliphatic rings. The van der Waals surface area contributed by atoms with Crippen LogP contribution in [0.25, 0.3) is 5.69 Å². The van der Waals surface area contributed by atoms with Crippen LogP contribution in [0.15, 0.2) is 66.0 Å². The van der Waals surface area contributed by atoms with Crippen LogP contribution in [0.5, 0.6) is 0 Å². The molecule has 2 atom stereocenters. The molecule has 4 rings (SSSR count). The number of guanidine groups is 1. The van der Waals surface area contributed by atoms with Crippen molar-refractivity contribution >= 4 is 35.8 Å². The summed E-state index contributed by atoms with van der Waals surface area (Å²) in [6.07, 6.45) is 5.82. The van der Waals surface area contributed by atoms with Gasteiger partial charge in [0.25, 0.3) is 0 Å². The highest BCUT2D eigenvalue weighted by molar-refractivity contribution is 14.0. The van der Waals surface area contributed by atoms with Gasteiger partial charge >= 0.3 is 0 Å². The molecule has 1 aliphatic heterocycles. The SMILES string of the molecule is CCNC(=NCc1ccnc(N2CCOC(C)C2)c1)NC(C)c1cccc(-n2cccn2)c1.I. The van der Waals surface area contributed by atoms with Gasteiger partial charge in [0.05, 0.1) is 31.0 Å². The van der Waals surface area contributed by atoms with E-state index in [-0.39, 0.29) is 36.1 Å². The van der Waals surface area contributed by atoms with E-state index in [4.69, 9.17) is 9.73 Å². The van der Waals surface area contributed by atoms with Gasteiger partial charge in [0.1, 0.15) is 5.82 Å². The quantitative estimate of drug-likeness (QED) is 0.253. The van der Waals surface area contributed by atoms with Crippen molar-refractivity contribution in [2.75, 3.05) is 31.1 Å². The Labute approximate surface area is 218 Å². The molecular formula is C25H34IN7O. The number of aromatic nitrogens is 3. The molecule has 2 unspecified atom stereocenters. The lowest BCUT2D eigenvalue weighted by Crippen LogP contribution is -2.41. The van der Waals surface area contributed by atoms with Crippen molar-refractivity contribution in [2.45, 2.75) is 39.5 Å². The fraction of sp³-hybridized carbons (Fsp3) is 0.400. The zero-order chi connectivity index (χ0) is 23.0. The van der Waals surface area contributed by atoms with Crippen molar-refractivity contribution < 1.29 is 4.74 Å². The van der Waals surface area contributed by atoms with Gasteiger partial charge in [-0.05, 0) is 62.2 Å². The number of aliphatic imine (C=N–C) groups is 1. The summed E-state index contributed by atoms with van der Waals surface area (Å²) < 4.78 is 7.52. The minimum Gasteiger partial charge on any atom is -0.375 e. The number of nitrogens with zero attached hydrogens (tertiary/aromatic N) is 5. The maximum absolute atomic E-state index is 5.65. The van der Waals surface area contributed by atoms with E-state index in [1.807, 2.05) is 29.2 Å². The monoisotopic (exact) mass is 575 g/mol. The van der Waals surface area contributed by atoms with E-state index in [0.29, 0.717) is 6.54 Å². The van der Waals surface area contributed by atoms with Crippen LogP contribution in [0, 0.1) is 0 Å². The molecular weight excluding hydrogens is 541 g/mol. The molecule has 0 saturated carbocycles. The Morgan fingerprint density at radius 2 is 2.12 bits per heavy atom. The maximum Gasteiger partial charge on any atom is 0.192 e. The molecule has 0 bridgehead atoms. The second-order valence-electron chi connectivity index (χ2n) is 8.26. The van der Waals surface area contributed by atoms with Crippen LogP contribution < -0.4 is 15.5 Å². The molecule has 2 aromatic heterocycles. The predicted molar refractivity (Wildman–Crippen MR) is 147 cm³/mol. The Morgan fingerprint density at radius 1 is 1.24 bits per heavy atom. The van der Waals surface area contributed by atoms with Crippen molar-refractivity contribution in [2.24, 2.45) is 4.99 Å². The zero-order valence-electron chi connectivity index (χ0n) is 20.0. The molecule has 0 aliphatic carbocycles. The van der Waals surface area contributed by atoms with Gasteiger partial charge in [-0.1, -0.05) is 12.1 Å². The number of rotatable bonds is 7. The Bertz CT molecular complexity index is 1060. The molecule has 34 heavy (non-hydrogen) atoms. The highest BCUT2D eigenvalue weighted by Crippen LogP contribution is 2.18. The minimum atomic E-state index is 0. The molecule has 1 fully saturated rings. The van der Waals surface area contributed by atoms with Gasteiger partial charge in [-0.2, -0.15) is 5.10 Å². The molecule has 182 valence electrons. The van der Waals surface area contributed by atoms with E-state index in [1.165, 1.54) is 5.56 Å². The number of benzene rings is 1. The molecule has 1 aromatic carbocycles. The normalized spacial score (nSPS) is 17.1. The van der Waals surface area contributed by atoms with Crippen molar-refractivity contribution in [1.82, 2.24) is 25.4 Å². The summed E-state index contributed by atoms with van der Waals surface area (Å²) in [7, 11) is 0. The fourth-order valence-corrected chi connectivity index (χ4v) is 3.90. The molecule has 0 radical (unpaired) electrons. The number of anilines is 1. The van der Waals surface area contributed by atoms with E-state index >= 15 is 0 Å². The van der Waals surface area contributed by atoms with E-state index in [1.54, 1.807) is 6.20 Å². The average Bonchev–Trinajstić information content (AvgIpc) is 3.38. The lowest BCUT2D eigenvalue weighted by Gasteiger charge is -2.32. The van der Waals surface area contributed by atoms with Gasteiger partial charge in [-0.15, -0.1) is 24.0 Å². The smallest absolute Gasteiger partial charge is 0.192 e. The fourth-order valence-electron chi connectivity index (χ4n) is 3.90. The second kappa shape index (κ2) is 12.7. The Balaban J connectivity index is 0.00000324. The molecule has 0 spiro atoms. The minimum absolute atomic E-state index is 0. The Hall–Kier alpha value is -2.66. The van der Waals surface area contributed by atoms with Crippen molar-refractivity contribution in [3.8, 4) is 5.69 Å². The number of ether oxygens (including phenoxy) is 1. The van der Waals surface area contributed by atoms with E-state index < -0.39 is 0 Å². The molecule has 8 nitrogen and oxygen atoms in total. The number of nitrogens with one attached hydrogen (secondary N) is 2. The van der Waals surface area contributed by atoms with Crippen LogP contribution in [0.4, 0.5) is 5.82 Å². The first-order valence-electron chi connectivity index (χ1n) is 11.6. The van der Waals surface area contributed by atoms with Gasteiger partial charge < -0.3 is 20.3 Å². The summed E-state index contributed by atoms with van der Waals surface area (Å²) in [4.78, 5) is 11.7. The number of morpholine rings is 1. The van der Waals surface area contributed by atoms with Gasteiger partial charge in [0.15, 0.2) is 5.96 Å². The average molecular weight is 575 g/mol. The van der Waals surface area contributed by atoms with Crippen LogP contribution in [-0.2, 0) is 11.3 Å². The summed E-state index contributed by atoms with van der Waals surface area (Å²) in [5.74, 6) is 1.77. The van der Waals surface area contributed by atoms with Crippen LogP contribution >= 0.6 is 24.0 Å². The first-order chi connectivity index (χ1) is 16.1. The third kappa shape index (κ3) is 6.92. The van der Waals surface area contributed by atoms with E-state index in [0.717, 1.165) is 49.3 Å². The number of halogens is 1. The Morgan fingerprint density at radius 3 is 2.88 bits per heavy atom. The number of hydrogen-bond acceptors (Lipinski definition) is 5. The Kier molecular flexibility index (Phi) is 9.70. The standard InChI is InChI=1S/C25H33N7O.HI/c1-4-26-25(30-20(3)22-7-5-8-23(16-22)32-12-6-10-29-32)28-17-21-9-11-27-24(15-21)31-13-14-33-19(2)18-31;/h5-12,15-16,19-20H,4,13-14,17-18H2,1-3H3,(H2,26,28,30);1H. The lowest BCUT2D eigenvalue weighted by molar-refractivity contribution is 0.0529. The maximum atomic E-state index is 5.65. The number of pyridine rings is 1. The third-order valence-electron chi connectivity index (χ3n) is 5.63. The highest BCUT2D eigenvalue weighted by atomic mass is 127. The lowest BCUT2D eigenvalue weighted by atomic mass is 10.1. The van der Waals surface area contributed by atoms with Crippen LogP contribution in [-0.4, -0.2) is 53.1 Å². The molecule has 3 heterocycles. The molecule has 1 saturated heterocycles.